The van der Waals surface area contributed by atoms with E-state index in [1.165, 1.54) is 45.1 Å². The first-order valence-corrected chi connectivity index (χ1v) is 7.57. The normalized spacial score (nSPS) is 43.2. The molecule has 17 heavy (non-hydrogen) atoms. The SMILES string of the molecule is CC1(C)CCCCC1NCC1CC2C=CC1C2. The Morgan fingerprint density at radius 3 is 2.71 bits per heavy atom. The van der Waals surface area contributed by atoms with Crippen molar-refractivity contribution < 1.29 is 0 Å². The number of hydrogen-bond donors (Lipinski definition) is 1. The van der Waals surface area contributed by atoms with Crippen LogP contribution >= 0.6 is 0 Å². The fraction of sp³-hybridized carbons (Fsp3) is 0.875. The summed E-state index contributed by atoms with van der Waals surface area (Å²) in [6.45, 7) is 6.16. The van der Waals surface area contributed by atoms with Crippen LogP contribution in [0.15, 0.2) is 12.2 Å². The summed E-state index contributed by atoms with van der Waals surface area (Å²) in [6.07, 6.45) is 13.5. The minimum absolute atomic E-state index is 0.520. The largest absolute Gasteiger partial charge is 0.313 e. The maximum absolute atomic E-state index is 3.90. The van der Waals surface area contributed by atoms with E-state index in [1.807, 2.05) is 0 Å². The van der Waals surface area contributed by atoms with Gasteiger partial charge in [0.05, 0.1) is 0 Å². The van der Waals surface area contributed by atoms with Crippen molar-refractivity contribution >= 4 is 0 Å². The van der Waals surface area contributed by atoms with Gasteiger partial charge in [-0.1, -0.05) is 38.8 Å². The maximum Gasteiger partial charge on any atom is 0.0118 e. The summed E-state index contributed by atoms with van der Waals surface area (Å²) in [5.74, 6) is 2.76. The highest BCUT2D eigenvalue weighted by Crippen LogP contribution is 2.43. The van der Waals surface area contributed by atoms with Gasteiger partial charge in [-0.25, -0.2) is 0 Å². The molecule has 2 fully saturated rings. The molecule has 2 saturated carbocycles. The Hall–Kier alpha value is -0.300. The van der Waals surface area contributed by atoms with Crippen LogP contribution in [0.3, 0.4) is 0 Å². The summed E-state index contributed by atoms with van der Waals surface area (Å²) >= 11 is 0. The molecule has 0 aliphatic heterocycles. The lowest BCUT2D eigenvalue weighted by molar-refractivity contribution is 0.160. The monoisotopic (exact) mass is 233 g/mol. The summed E-state index contributed by atoms with van der Waals surface area (Å²) in [5.41, 5.74) is 0.520. The molecule has 4 unspecified atom stereocenters. The predicted molar refractivity (Wildman–Crippen MR) is 72.9 cm³/mol. The zero-order valence-corrected chi connectivity index (χ0v) is 11.4. The van der Waals surface area contributed by atoms with Crippen molar-refractivity contribution in [1.29, 1.82) is 0 Å². The second kappa shape index (κ2) is 4.42. The van der Waals surface area contributed by atoms with Gasteiger partial charge in [-0.15, -0.1) is 0 Å². The second-order valence-corrected chi connectivity index (χ2v) is 7.24. The molecule has 1 nitrogen and oxygen atoms in total. The van der Waals surface area contributed by atoms with Gasteiger partial charge in [-0.2, -0.15) is 0 Å². The molecule has 3 aliphatic rings. The molecule has 1 heteroatoms. The van der Waals surface area contributed by atoms with Crippen molar-refractivity contribution in [1.82, 2.24) is 5.32 Å². The van der Waals surface area contributed by atoms with E-state index in [9.17, 15) is 0 Å². The summed E-state index contributed by atoms with van der Waals surface area (Å²) in [5, 5.41) is 3.90. The van der Waals surface area contributed by atoms with E-state index < -0.39 is 0 Å². The Bertz CT molecular complexity index is 305. The van der Waals surface area contributed by atoms with E-state index in [-0.39, 0.29) is 0 Å². The van der Waals surface area contributed by atoms with Crippen molar-refractivity contribution in [3.05, 3.63) is 12.2 Å². The molecule has 3 rings (SSSR count). The van der Waals surface area contributed by atoms with Gasteiger partial charge >= 0.3 is 0 Å². The fourth-order valence-corrected chi connectivity index (χ4v) is 4.30. The molecule has 0 spiro atoms. The molecule has 0 aromatic heterocycles. The second-order valence-electron chi connectivity index (χ2n) is 7.24. The number of fused-ring (bicyclic) bond motifs is 2. The van der Waals surface area contributed by atoms with Crippen molar-refractivity contribution in [2.45, 2.75) is 58.4 Å². The summed E-state index contributed by atoms with van der Waals surface area (Å²) in [6, 6.07) is 0.763. The highest BCUT2D eigenvalue weighted by molar-refractivity contribution is 5.10. The van der Waals surface area contributed by atoms with E-state index in [4.69, 9.17) is 0 Å². The lowest BCUT2D eigenvalue weighted by atomic mass is 9.73. The zero-order valence-electron chi connectivity index (χ0n) is 11.4. The highest BCUT2D eigenvalue weighted by Gasteiger charge is 2.37. The van der Waals surface area contributed by atoms with Gasteiger partial charge in [0.25, 0.3) is 0 Å². The third-order valence-corrected chi connectivity index (χ3v) is 5.55. The van der Waals surface area contributed by atoms with Gasteiger partial charge in [0, 0.05) is 6.04 Å². The number of hydrogen-bond acceptors (Lipinski definition) is 1. The van der Waals surface area contributed by atoms with Crippen LogP contribution in [-0.2, 0) is 0 Å². The van der Waals surface area contributed by atoms with Crippen LogP contribution in [0.4, 0.5) is 0 Å². The van der Waals surface area contributed by atoms with Gasteiger partial charge in [0.15, 0.2) is 0 Å². The number of allylic oxidation sites excluding steroid dienone is 2. The highest BCUT2D eigenvalue weighted by atomic mass is 14.9. The molecule has 0 heterocycles. The van der Waals surface area contributed by atoms with Crippen molar-refractivity contribution in [2.24, 2.45) is 23.2 Å². The van der Waals surface area contributed by atoms with Gasteiger partial charge in [-0.3, -0.25) is 0 Å². The standard InChI is InChI=1S/C16H27N/c1-16(2)8-4-3-5-15(16)17-11-14-10-12-6-7-13(14)9-12/h6-7,12-15,17H,3-5,8-11H2,1-2H3. The van der Waals surface area contributed by atoms with E-state index in [1.54, 1.807) is 0 Å². The molecule has 96 valence electrons. The van der Waals surface area contributed by atoms with Crippen molar-refractivity contribution in [2.75, 3.05) is 6.54 Å². The third kappa shape index (κ3) is 2.31. The third-order valence-electron chi connectivity index (χ3n) is 5.55. The van der Waals surface area contributed by atoms with Crippen molar-refractivity contribution in [3.8, 4) is 0 Å². The van der Waals surface area contributed by atoms with Gasteiger partial charge in [0.1, 0.15) is 0 Å². The molecule has 0 aromatic carbocycles. The lowest BCUT2D eigenvalue weighted by Crippen LogP contribution is -2.46. The first-order chi connectivity index (χ1) is 8.15. The molecule has 0 aromatic rings. The summed E-state index contributed by atoms with van der Waals surface area (Å²) < 4.78 is 0. The van der Waals surface area contributed by atoms with Crippen LogP contribution in [0, 0.1) is 23.2 Å². The average molecular weight is 233 g/mol. The van der Waals surface area contributed by atoms with Crippen LogP contribution in [0.5, 0.6) is 0 Å². The number of nitrogens with one attached hydrogen (secondary N) is 1. The van der Waals surface area contributed by atoms with Crippen LogP contribution in [0.25, 0.3) is 0 Å². The Balaban J connectivity index is 1.52. The summed E-state index contributed by atoms with van der Waals surface area (Å²) in [7, 11) is 0. The van der Waals surface area contributed by atoms with Crippen LogP contribution in [0.2, 0.25) is 0 Å². The predicted octanol–water partition coefficient (Wildman–Crippen LogP) is 3.76. The molecule has 2 bridgehead atoms. The average Bonchev–Trinajstić information content (AvgIpc) is 2.88. The van der Waals surface area contributed by atoms with E-state index >= 15 is 0 Å². The Kier molecular flexibility index (Phi) is 3.06. The Morgan fingerprint density at radius 1 is 1.18 bits per heavy atom. The smallest absolute Gasteiger partial charge is 0.0118 e. The topological polar surface area (TPSA) is 12.0 Å². The van der Waals surface area contributed by atoms with Gasteiger partial charge in [0.2, 0.25) is 0 Å². The molecule has 1 N–H and O–H groups in total. The van der Waals surface area contributed by atoms with Crippen molar-refractivity contribution in [3.63, 3.8) is 0 Å². The number of rotatable bonds is 3. The minimum atomic E-state index is 0.520. The van der Waals surface area contributed by atoms with E-state index in [2.05, 4.69) is 31.3 Å². The molecular weight excluding hydrogens is 206 g/mol. The van der Waals surface area contributed by atoms with Crippen LogP contribution < -0.4 is 5.32 Å². The maximum atomic E-state index is 3.90. The van der Waals surface area contributed by atoms with Gasteiger partial charge < -0.3 is 5.32 Å². The fourth-order valence-electron chi connectivity index (χ4n) is 4.30. The Labute approximate surface area is 106 Å². The quantitative estimate of drug-likeness (QED) is 0.732. The van der Waals surface area contributed by atoms with E-state index in [0.717, 1.165) is 23.8 Å². The summed E-state index contributed by atoms with van der Waals surface area (Å²) in [4.78, 5) is 0. The molecule has 0 amide bonds. The molecule has 0 saturated heterocycles. The lowest BCUT2D eigenvalue weighted by Gasteiger charge is -2.40. The first kappa shape index (κ1) is 11.8. The van der Waals surface area contributed by atoms with Crippen LogP contribution in [0.1, 0.15) is 52.4 Å². The molecule has 0 radical (unpaired) electrons. The van der Waals surface area contributed by atoms with Gasteiger partial charge in [-0.05, 0) is 55.4 Å². The molecule has 3 aliphatic carbocycles. The van der Waals surface area contributed by atoms with Crippen LogP contribution in [-0.4, -0.2) is 12.6 Å². The molecule has 4 atom stereocenters. The minimum Gasteiger partial charge on any atom is -0.313 e. The molecular formula is C16H27N. The van der Waals surface area contributed by atoms with E-state index in [0.29, 0.717) is 5.41 Å². The zero-order chi connectivity index (χ0) is 11.9. The Morgan fingerprint density at radius 2 is 2.06 bits per heavy atom. The first-order valence-electron chi connectivity index (χ1n) is 7.57.